The zero-order valence-corrected chi connectivity index (χ0v) is 21.7. The fraction of sp³-hybridized carbons (Fsp3) is 0.690. The van der Waals surface area contributed by atoms with Crippen molar-refractivity contribution in [2.75, 3.05) is 6.54 Å². The predicted molar refractivity (Wildman–Crippen MR) is 137 cm³/mol. The van der Waals surface area contributed by atoms with E-state index in [2.05, 4.69) is 24.5 Å². The van der Waals surface area contributed by atoms with Crippen molar-refractivity contribution >= 4 is 17.6 Å². The van der Waals surface area contributed by atoms with Crippen LogP contribution in [-0.2, 0) is 14.4 Å². The molecular formula is C29H40N2O6. The normalized spacial score (nSPS) is 46.1. The van der Waals surface area contributed by atoms with Crippen LogP contribution in [0.25, 0.3) is 0 Å². The minimum atomic E-state index is -1.19. The van der Waals surface area contributed by atoms with Gasteiger partial charge in [0.05, 0.1) is 12.2 Å². The van der Waals surface area contributed by atoms with Crippen LogP contribution in [-0.4, -0.2) is 57.7 Å². The number of hydrogen-bond acceptors (Lipinski definition) is 6. The molecule has 3 saturated carbocycles. The highest BCUT2D eigenvalue weighted by atomic mass is 16.3. The molecule has 5 aliphatic rings. The van der Waals surface area contributed by atoms with Crippen molar-refractivity contribution in [2.45, 2.75) is 70.6 Å². The maximum Gasteiger partial charge on any atom is 0.259 e. The number of Topliss-reactive ketones (excluding diaryl/α,β-unsaturated/α-hetero) is 1. The Hall–Kier alpha value is -2.45. The molecule has 0 radical (unpaired) electrons. The zero-order chi connectivity index (χ0) is 26.4. The summed E-state index contributed by atoms with van der Waals surface area (Å²) in [5.41, 5.74) is -0.350. The van der Waals surface area contributed by atoms with Crippen molar-refractivity contribution in [1.82, 2.24) is 10.6 Å². The molecule has 0 unspecified atom stereocenters. The number of aliphatic hydroxyl groups is 3. The van der Waals surface area contributed by atoms with Crippen LogP contribution in [0.5, 0.6) is 0 Å². The third-order valence-corrected chi connectivity index (χ3v) is 10.2. The third-order valence-electron chi connectivity index (χ3n) is 10.2. The van der Waals surface area contributed by atoms with Crippen molar-refractivity contribution in [3.05, 3.63) is 35.6 Å². The number of fused-ring (bicyclic) bond motifs is 7. The summed E-state index contributed by atoms with van der Waals surface area (Å²) in [6.07, 6.45) is 9.79. The molecule has 5 N–H and O–H groups in total. The molecule has 0 aromatic rings. The van der Waals surface area contributed by atoms with Crippen molar-refractivity contribution in [3.63, 3.8) is 0 Å². The van der Waals surface area contributed by atoms with Gasteiger partial charge in [-0.2, -0.15) is 0 Å². The fourth-order valence-corrected chi connectivity index (χ4v) is 8.51. The Kier molecular flexibility index (Phi) is 7.33. The summed E-state index contributed by atoms with van der Waals surface area (Å²) >= 11 is 0. The van der Waals surface area contributed by atoms with Crippen LogP contribution in [0, 0.1) is 47.3 Å². The Morgan fingerprint density at radius 1 is 1.00 bits per heavy atom. The molecular weight excluding hydrogens is 472 g/mol. The van der Waals surface area contributed by atoms with Crippen molar-refractivity contribution in [1.29, 1.82) is 0 Å². The molecule has 2 amide bonds. The molecule has 3 aliphatic carbocycles. The van der Waals surface area contributed by atoms with E-state index in [4.69, 9.17) is 0 Å². The van der Waals surface area contributed by atoms with E-state index < -0.39 is 35.7 Å². The van der Waals surface area contributed by atoms with Gasteiger partial charge in [0.2, 0.25) is 5.91 Å². The van der Waals surface area contributed by atoms with Gasteiger partial charge in [0.1, 0.15) is 17.4 Å². The van der Waals surface area contributed by atoms with Gasteiger partial charge in [-0.25, -0.2) is 0 Å². The molecule has 37 heavy (non-hydrogen) atoms. The van der Waals surface area contributed by atoms with Crippen LogP contribution >= 0.6 is 0 Å². The van der Waals surface area contributed by atoms with Crippen LogP contribution < -0.4 is 10.6 Å². The first-order chi connectivity index (χ1) is 17.7. The zero-order valence-electron chi connectivity index (χ0n) is 21.7. The first-order valence-electron chi connectivity index (χ1n) is 14.0. The van der Waals surface area contributed by atoms with E-state index in [1.165, 1.54) is 25.0 Å². The van der Waals surface area contributed by atoms with Gasteiger partial charge in [-0.15, -0.1) is 0 Å². The van der Waals surface area contributed by atoms with E-state index >= 15 is 0 Å². The number of aliphatic hydroxyl groups excluding tert-OH is 3. The lowest BCUT2D eigenvalue weighted by Gasteiger charge is -2.44. The Morgan fingerprint density at radius 3 is 2.54 bits per heavy atom. The first-order valence-corrected chi connectivity index (χ1v) is 14.0. The lowest BCUT2D eigenvalue weighted by molar-refractivity contribution is -0.118. The monoisotopic (exact) mass is 512 g/mol. The van der Waals surface area contributed by atoms with Gasteiger partial charge in [0, 0.05) is 6.54 Å². The molecule has 0 spiro atoms. The highest BCUT2D eigenvalue weighted by molar-refractivity contribution is 6.27. The maximum atomic E-state index is 12.8. The number of rotatable bonds is 1. The molecule has 0 aromatic carbocycles. The average Bonchev–Trinajstić information content (AvgIpc) is 3.48. The third kappa shape index (κ3) is 4.67. The largest absolute Gasteiger partial charge is 0.507 e. The topological polar surface area (TPSA) is 136 Å². The van der Waals surface area contributed by atoms with Crippen LogP contribution in [0.2, 0.25) is 0 Å². The number of carbonyl (C=O) groups excluding carboxylic acids is 3. The summed E-state index contributed by atoms with van der Waals surface area (Å²) in [5, 5.41) is 37.7. The van der Waals surface area contributed by atoms with E-state index in [-0.39, 0.29) is 42.2 Å². The van der Waals surface area contributed by atoms with E-state index in [1.54, 1.807) is 0 Å². The van der Waals surface area contributed by atoms with E-state index in [0.717, 1.165) is 6.42 Å². The second-order valence-corrected chi connectivity index (χ2v) is 11.9. The van der Waals surface area contributed by atoms with Crippen LogP contribution in [0.1, 0.15) is 52.4 Å². The van der Waals surface area contributed by atoms with Crippen molar-refractivity contribution in [2.24, 2.45) is 47.3 Å². The number of hydrogen-bond donors (Lipinski definition) is 5. The molecule has 4 fully saturated rings. The molecule has 2 aliphatic heterocycles. The van der Waals surface area contributed by atoms with Gasteiger partial charge in [0.25, 0.3) is 5.91 Å². The minimum Gasteiger partial charge on any atom is -0.507 e. The standard InChI is InChI=1S/C29H40N2O6/c1-3-15-11-17-12-19-18-5-4-6-23(35)30-10-9-21(33)27-28(36)26(29(37)31-27)20(32)8-7-16(18)13-22(34)25(19)24(17)14(15)2/h4,6-8,14-19,21-22,24-25,27,32-34H,3,5,9-13H2,1-2H3,(H,30,35)(H,31,37)/b6-4-,8-7+,26-20?/t14-,15-,16-,17+,18+,19+,21+,22-,24+,25-,27+/m0/s1. The number of amides is 2. The van der Waals surface area contributed by atoms with Gasteiger partial charge in [-0.1, -0.05) is 32.4 Å². The van der Waals surface area contributed by atoms with Gasteiger partial charge < -0.3 is 26.0 Å². The summed E-state index contributed by atoms with van der Waals surface area (Å²) < 4.78 is 0. The number of ketones is 1. The van der Waals surface area contributed by atoms with Gasteiger partial charge >= 0.3 is 0 Å². The fourth-order valence-electron chi connectivity index (χ4n) is 8.51. The molecule has 8 nitrogen and oxygen atoms in total. The smallest absolute Gasteiger partial charge is 0.259 e. The summed E-state index contributed by atoms with van der Waals surface area (Å²) in [6.45, 7) is 4.76. The summed E-state index contributed by atoms with van der Waals surface area (Å²) in [5.74, 6) is 1.03. The number of nitrogens with one attached hydrogen (secondary N) is 2. The minimum absolute atomic E-state index is 0.0725. The van der Waals surface area contributed by atoms with Crippen LogP contribution in [0.4, 0.5) is 0 Å². The van der Waals surface area contributed by atoms with Gasteiger partial charge in [-0.05, 0) is 91.6 Å². The van der Waals surface area contributed by atoms with Crippen LogP contribution in [0.3, 0.4) is 0 Å². The molecule has 11 atom stereocenters. The summed E-state index contributed by atoms with van der Waals surface area (Å²) in [7, 11) is 0. The first kappa shape index (κ1) is 26.2. The van der Waals surface area contributed by atoms with E-state index in [9.17, 15) is 29.7 Å². The van der Waals surface area contributed by atoms with Crippen LogP contribution in [0.15, 0.2) is 35.6 Å². The predicted octanol–water partition coefficient (Wildman–Crippen LogP) is 2.18. The van der Waals surface area contributed by atoms with E-state index in [1.807, 2.05) is 12.2 Å². The lowest BCUT2D eigenvalue weighted by atomic mass is 9.62. The molecule has 202 valence electrons. The number of carbonyl (C=O) groups is 3. The maximum absolute atomic E-state index is 12.8. The Bertz CT molecular complexity index is 1030. The second kappa shape index (κ2) is 10.4. The molecule has 0 aromatic heterocycles. The second-order valence-electron chi connectivity index (χ2n) is 11.9. The number of allylic oxidation sites excluding steroid dienone is 3. The molecule has 2 heterocycles. The Morgan fingerprint density at radius 2 is 1.78 bits per heavy atom. The average molecular weight is 513 g/mol. The quantitative estimate of drug-likeness (QED) is 0.342. The molecule has 5 rings (SSSR count). The van der Waals surface area contributed by atoms with Gasteiger partial charge in [0.15, 0.2) is 5.78 Å². The SMILES string of the molecule is CC[C@H]1C[C@@H]2C[C@@H]3[C@@H]4C/C=C\C(=O)NCC[C@@H](O)[C@H]5NC(=O)C(=C(O)/C=C/[C@H]4C[C@H](O)[C@H]3[C@@H]2[C@H]1C)C5=O. The summed E-state index contributed by atoms with van der Waals surface area (Å²) in [4.78, 5) is 37.7. The van der Waals surface area contributed by atoms with Crippen molar-refractivity contribution in [3.8, 4) is 0 Å². The molecule has 1 saturated heterocycles. The highest BCUT2D eigenvalue weighted by Crippen LogP contribution is 2.62. The molecule has 2 bridgehead atoms. The highest BCUT2D eigenvalue weighted by Gasteiger charge is 2.58. The van der Waals surface area contributed by atoms with Gasteiger partial charge in [-0.3, -0.25) is 14.4 Å². The molecule has 8 heteroatoms. The summed E-state index contributed by atoms with van der Waals surface area (Å²) in [6, 6.07) is -1.16. The lowest BCUT2D eigenvalue weighted by Crippen LogP contribution is -2.43. The van der Waals surface area contributed by atoms with Crippen molar-refractivity contribution < 1.29 is 29.7 Å². The van der Waals surface area contributed by atoms with E-state index in [0.29, 0.717) is 42.4 Å². The Labute approximate surface area is 218 Å². The Balaban J connectivity index is 1.47.